The van der Waals surface area contributed by atoms with E-state index >= 15 is 0 Å². The number of ether oxygens (including phenoxy) is 2. The lowest BCUT2D eigenvalue weighted by molar-refractivity contribution is 0.132. The second-order valence-electron chi connectivity index (χ2n) is 6.33. The van der Waals surface area contributed by atoms with Gasteiger partial charge in [0.15, 0.2) is 11.5 Å². The summed E-state index contributed by atoms with van der Waals surface area (Å²) < 4.78 is 12.7. The molecule has 0 aliphatic heterocycles. The van der Waals surface area contributed by atoms with Crippen LogP contribution in [0.2, 0.25) is 0 Å². The van der Waals surface area contributed by atoms with Gasteiger partial charge in [0, 0.05) is 15.6 Å². The Balaban J connectivity index is 1.62. The van der Waals surface area contributed by atoms with Crippen LogP contribution in [-0.4, -0.2) is 12.8 Å². The van der Waals surface area contributed by atoms with E-state index in [1.165, 1.54) is 0 Å². The van der Waals surface area contributed by atoms with Gasteiger partial charge < -0.3 is 14.3 Å². The van der Waals surface area contributed by atoms with Gasteiger partial charge in [-0.05, 0) is 48.9 Å². The second kappa shape index (κ2) is 11.0. The van der Waals surface area contributed by atoms with Crippen molar-refractivity contribution in [3.8, 4) is 17.6 Å². The first-order chi connectivity index (χ1) is 14.7. The lowest BCUT2D eigenvalue weighted by atomic mass is 10.1. The number of nitrogens with zero attached hydrogens (tertiary/aromatic N) is 2. The molecule has 3 aromatic carbocycles. The summed E-state index contributed by atoms with van der Waals surface area (Å²) >= 11 is 3.43. The smallest absolute Gasteiger partial charge is 0.161 e. The van der Waals surface area contributed by atoms with Crippen molar-refractivity contribution < 1.29 is 14.3 Å². The molecule has 0 aromatic heterocycles. The first-order valence-electron chi connectivity index (χ1n) is 9.47. The van der Waals surface area contributed by atoms with Crippen molar-refractivity contribution in [3.63, 3.8) is 0 Å². The molecule has 0 atom stereocenters. The Morgan fingerprint density at radius 1 is 0.967 bits per heavy atom. The monoisotopic (exact) mass is 464 g/mol. The average molecular weight is 465 g/mol. The summed E-state index contributed by atoms with van der Waals surface area (Å²) in [5.74, 6) is 1.31. The van der Waals surface area contributed by atoms with Crippen LogP contribution in [0.3, 0.4) is 0 Å². The molecule has 5 nitrogen and oxygen atoms in total. The molecule has 0 saturated heterocycles. The molecule has 0 bridgehead atoms. The van der Waals surface area contributed by atoms with Gasteiger partial charge in [-0.25, -0.2) is 0 Å². The highest BCUT2D eigenvalue weighted by atomic mass is 79.9. The third kappa shape index (κ3) is 6.10. The number of hydrogen-bond donors (Lipinski definition) is 0. The topological polar surface area (TPSA) is 63.8 Å². The van der Waals surface area contributed by atoms with Crippen LogP contribution < -0.4 is 9.47 Å². The molecule has 6 heteroatoms. The van der Waals surface area contributed by atoms with E-state index in [2.05, 4.69) is 27.2 Å². The number of halogens is 1. The normalized spacial score (nSPS) is 10.6. The minimum absolute atomic E-state index is 0.229. The predicted molar refractivity (Wildman–Crippen MR) is 120 cm³/mol. The van der Waals surface area contributed by atoms with Crippen LogP contribution in [-0.2, 0) is 18.1 Å². The van der Waals surface area contributed by atoms with Gasteiger partial charge in [-0.3, -0.25) is 0 Å². The van der Waals surface area contributed by atoms with Crippen molar-refractivity contribution in [2.24, 2.45) is 5.16 Å². The largest absolute Gasteiger partial charge is 0.490 e. The lowest BCUT2D eigenvalue weighted by Crippen LogP contribution is -2.00. The fourth-order valence-electron chi connectivity index (χ4n) is 2.69. The second-order valence-corrected chi connectivity index (χ2v) is 7.25. The van der Waals surface area contributed by atoms with Gasteiger partial charge >= 0.3 is 0 Å². The summed E-state index contributed by atoms with van der Waals surface area (Å²) in [6.07, 6.45) is 1.61. The Morgan fingerprint density at radius 3 is 2.53 bits per heavy atom. The lowest BCUT2D eigenvalue weighted by Gasteiger charge is -2.12. The van der Waals surface area contributed by atoms with Crippen molar-refractivity contribution in [1.29, 1.82) is 5.26 Å². The van der Waals surface area contributed by atoms with Crippen LogP contribution >= 0.6 is 15.9 Å². The standard InChI is InChI=1S/C24H21BrN2O3/c1-2-28-24-13-19(15-27-30-17-21-6-4-3-5-20(21)14-26)9-12-23(24)29-16-18-7-10-22(25)11-8-18/h3-13,15H,2,16-17H2,1H3/b27-15-. The summed E-state index contributed by atoms with van der Waals surface area (Å²) in [6.45, 7) is 3.13. The van der Waals surface area contributed by atoms with Gasteiger partial charge in [0.1, 0.15) is 13.2 Å². The number of nitriles is 1. The van der Waals surface area contributed by atoms with Crippen molar-refractivity contribution in [1.82, 2.24) is 0 Å². The number of hydrogen-bond acceptors (Lipinski definition) is 5. The van der Waals surface area contributed by atoms with Crippen LogP contribution in [0.5, 0.6) is 11.5 Å². The summed E-state index contributed by atoms with van der Waals surface area (Å²) in [6, 6.07) is 23.0. The average Bonchev–Trinajstić information content (AvgIpc) is 2.77. The summed E-state index contributed by atoms with van der Waals surface area (Å²) in [5.41, 5.74) is 3.27. The first kappa shape index (κ1) is 21.4. The molecule has 3 rings (SSSR count). The highest BCUT2D eigenvalue weighted by molar-refractivity contribution is 9.10. The molecule has 0 spiro atoms. The third-order valence-electron chi connectivity index (χ3n) is 4.21. The fourth-order valence-corrected chi connectivity index (χ4v) is 2.96. The molecule has 0 amide bonds. The van der Waals surface area contributed by atoms with E-state index < -0.39 is 0 Å². The highest BCUT2D eigenvalue weighted by Gasteiger charge is 2.07. The van der Waals surface area contributed by atoms with E-state index in [4.69, 9.17) is 19.6 Å². The third-order valence-corrected chi connectivity index (χ3v) is 4.74. The molecule has 152 valence electrons. The molecule has 0 radical (unpaired) electrons. The van der Waals surface area contributed by atoms with Crippen molar-refractivity contribution in [3.05, 3.63) is 93.5 Å². The zero-order valence-corrected chi connectivity index (χ0v) is 18.1. The minimum atomic E-state index is 0.229. The number of benzene rings is 3. The van der Waals surface area contributed by atoms with Gasteiger partial charge in [0.05, 0.1) is 24.5 Å². The Labute approximate surface area is 184 Å². The quantitative estimate of drug-likeness (QED) is 0.294. The van der Waals surface area contributed by atoms with E-state index in [1.54, 1.807) is 12.3 Å². The minimum Gasteiger partial charge on any atom is -0.490 e. The Kier molecular flexibility index (Phi) is 7.87. The van der Waals surface area contributed by atoms with Crippen LogP contribution in [0.4, 0.5) is 0 Å². The van der Waals surface area contributed by atoms with Crippen molar-refractivity contribution in [2.75, 3.05) is 6.61 Å². The molecule has 3 aromatic rings. The molecule has 0 heterocycles. The zero-order valence-electron chi connectivity index (χ0n) is 16.5. The van der Waals surface area contributed by atoms with E-state index in [-0.39, 0.29) is 6.61 Å². The molecule has 0 fully saturated rings. The SMILES string of the molecule is CCOc1cc(/C=N\OCc2ccccc2C#N)ccc1OCc1ccc(Br)cc1. The van der Waals surface area contributed by atoms with E-state index in [1.807, 2.05) is 67.6 Å². The van der Waals surface area contributed by atoms with E-state index in [0.717, 1.165) is 21.2 Å². The van der Waals surface area contributed by atoms with Gasteiger partial charge in [0.2, 0.25) is 0 Å². The van der Waals surface area contributed by atoms with Gasteiger partial charge in [-0.1, -0.05) is 51.4 Å². The first-order valence-corrected chi connectivity index (χ1v) is 10.3. The maximum Gasteiger partial charge on any atom is 0.161 e. The van der Waals surface area contributed by atoms with Crippen LogP contribution in [0.15, 0.2) is 76.4 Å². The molecule has 0 unspecified atom stereocenters. The highest BCUT2D eigenvalue weighted by Crippen LogP contribution is 2.29. The summed E-state index contributed by atoms with van der Waals surface area (Å²) in [4.78, 5) is 5.35. The van der Waals surface area contributed by atoms with Gasteiger partial charge in [-0.15, -0.1) is 0 Å². The number of oxime groups is 1. The van der Waals surface area contributed by atoms with Crippen molar-refractivity contribution in [2.45, 2.75) is 20.1 Å². The Bertz CT molecular complexity index is 1040. The van der Waals surface area contributed by atoms with E-state index in [0.29, 0.717) is 30.3 Å². The molecule has 0 saturated carbocycles. The molecule has 0 aliphatic rings. The molecule has 30 heavy (non-hydrogen) atoms. The van der Waals surface area contributed by atoms with Gasteiger partial charge in [-0.2, -0.15) is 5.26 Å². The Morgan fingerprint density at radius 2 is 1.77 bits per heavy atom. The van der Waals surface area contributed by atoms with Gasteiger partial charge in [0.25, 0.3) is 0 Å². The zero-order chi connectivity index (χ0) is 21.2. The molecular formula is C24H21BrN2O3. The van der Waals surface area contributed by atoms with Crippen LogP contribution in [0, 0.1) is 11.3 Å². The van der Waals surface area contributed by atoms with Crippen molar-refractivity contribution >= 4 is 22.1 Å². The summed E-state index contributed by atoms with van der Waals surface area (Å²) in [5, 5.41) is 13.1. The van der Waals surface area contributed by atoms with E-state index in [9.17, 15) is 0 Å². The molecular weight excluding hydrogens is 444 g/mol. The van der Waals surface area contributed by atoms with Crippen LogP contribution in [0.25, 0.3) is 0 Å². The Hall–Kier alpha value is -3.30. The molecule has 0 aliphatic carbocycles. The predicted octanol–water partition coefficient (Wildman–Crippen LogP) is 5.85. The fraction of sp³-hybridized carbons (Fsp3) is 0.167. The molecule has 0 N–H and O–H groups in total. The number of rotatable bonds is 9. The van der Waals surface area contributed by atoms with Crippen LogP contribution in [0.1, 0.15) is 29.2 Å². The maximum atomic E-state index is 9.12. The maximum absolute atomic E-state index is 9.12. The summed E-state index contributed by atoms with van der Waals surface area (Å²) in [7, 11) is 0.